The van der Waals surface area contributed by atoms with E-state index in [0.717, 1.165) is 0 Å². The third-order valence-electron chi connectivity index (χ3n) is 4.08. The van der Waals surface area contributed by atoms with Gasteiger partial charge in [0.2, 0.25) is 0 Å². The molecule has 0 saturated carbocycles. The van der Waals surface area contributed by atoms with Crippen LogP contribution in [0.25, 0.3) is 0 Å². The first-order chi connectivity index (χ1) is 13.0. The van der Waals surface area contributed by atoms with Gasteiger partial charge in [-0.15, -0.1) is 0 Å². The number of carbonyl (C=O) groups is 2. The standard InChI is InChI=1S/C22H27ClNO4/c1-22(2,21(26)27-15-14-24(3,4)5)28-19-12-8-17(9-13-19)20(25)16-6-10-18(23)11-7-16/h6-13H,14-15H2,1-5H3/q+1. The summed E-state index contributed by atoms with van der Waals surface area (Å²) in [7, 11) is 6.09. The van der Waals surface area contributed by atoms with Gasteiger partial charge in [-0.2, -0.15) is 0 Å². The van der Waals surface area contributed by atoms with Crippen LogP contribution in [0.1, 0.15) is 29.8 Å². The summed E-state index contributed by atoms with van der Waals surface area (Å²) in [6.45, 7) is 4.36. The van der Waals surface area contributed by atoms with Crippen LogP contribution in [0.5, 0.6) is 5.75 Å². The van der Waals surface area contributed by atoms with E-state index in [0.29, 0.717) is 39.5 Å². The molecule has 2 rings (SSSR count). The lowest BCUT2D eigenvalue weighted by Gasteiger charge is -2.27. The molecule has 0 bridgehead atoms. The maximum atomic E-state index is 12.5. The highest BCUT2D eigenvalue weighted by Crippen LogP contribution is 2.22. The quantitative estimate of drug-likeness (QED) is 0.379. The number of hydrogen-bond donors (Lipinski definition) is 0. The number of esters is 1. The molecule has 2 aromatic rings. The largest absolute Gasteiger partial charge is 0.476 e. The molecule has 0 spiro atoms. The summed E-state index contributed by atoms with van der Waals surface area (Å²) in [5, 5.41) is 0.580. The fraction of sp³-hybridized carbons (Fsp3) is 0.364. The van der Waals surface area contributed by atoms with Crippen molar-refractivity contribution in [2.24, 2.45) is 0 Å². The van der Waals surface area contributed by atoms with Crippen LogP contribution < -0.4 is 4.74 Å². The van der Waals surface area contributed by atoms with Crippen molar-refractivity contribution in [3.8, 4) is 5.75 Å². The molecule has 0 N–H and O–H groups in total. The Morgan fingerprint density at radius 1 is 0.929 bits per heavy atom. The van der Waals surface area contributed by atoms with Crippen molar-refractivity contribution in [3.05, 3.63) is 64.7 Å². The van der Waals surface area contributed by atoms with Crippen molar-refractivity contribution in [1.29, 1.82) is 0 Å². The predicted octanol–water partition coefficient (Wildman–Crippen LogP) is 3.98. The number of halogens is 1. The van der Waals surface area contributed by atoms with Gasteiger partial charge >= 0.3 is 5.97 Å². The van der Waals surface area contributed by atoms with Gasteiger partial charge in [0.15, 0.2) is 11.4 Å². The molecule has 0 aliphatic rings. The Hall–Kier alpha value is -2.37. The molecule has 5 nitrogen and oxygen atoms in total. The van der Waals surface area contributed by atoms with Gasteiger partial charge in [-0.1, -0.05) is 11.6 Å². The molecule has 28 heavy (non-hydrogen) atoms. The maximum Gasteiger partial charge on any atom is 0.350 e. The second-order valence-electron chi connectivity index (χ2n) is 8.12. The maximum absolute atomic E-state index is 12.5. The van der Waals surface area contributed by atoms with E-state index >= 15 is 0 Å². The zero-order chi connectivity index (χ0) is 20.9. The zero-order valence-corrected chi connectivity index (χ0v) is 17.7. The summed E-state index contributed by atoms with van der Waals surface area (Å²) in [5.41, 5.74) is -0.0516. The lowest BCUT2D eigenvalue weighted by Crippen LogP contribution is -2.43. The van der Waals surface area contributed by atoms with Crippen molar-refractivity contribution in [2.45, 2.75) is 19.4 Å². The Morgan fingerprint density at radius 3 is 1.93 bits per heavy atom. The van der Waals surface area contributed by atoms with Crippen LogP contribution in [-0.2, 0) is 9.53 Å². The number of hydrogen-bond acceptors (Lipinski definition) is 4. The van der Waals surface area contributed by atoms with Crippen LogP contribution in [0, 0.1) is 0 Å². The Labute approximate surface area is 171 Å². The highest BCUT2D eigenvalue weighted by Gasteiger charge is 2.32. The van der Waals surface area contributed by atoms with E-state index in [-0.39, 0.29) is 5.78 Å². The van der Waals surface area contributed by atoms with E-state index in [2.05, 4.69) is 0 Å². The molecule has 0 aliphatic heterocycles. The lowest BCUT2D eigenvalue weighted by atomic mass is 10.0. The van der Waals surface area contributed by atoms with Crippen LogP contribution >= 0.6 is 11.6 Å². The molecule has 0 saturated heterocycles. The van der Waals surface area contributed by atoms with E-state index in [1.54, 1.807) is 62.4 Å². The van der Waals surface area contributed by atoms with Crippen LogP contribution in [-0.4, -0.2) is 56.1 Å². The van der Waals surface area contributed by atoms with E-state index in [1.165, 1.54) is 0 Å². The van der Waals surface area contributed by atoms with Crippen molar-refractivity contribution in [1.82, 2.24) is 0 Å². The van der Waals surface area contributed by atoms with Gasteiger partial charge < -0.3 is 14.0 Å². The second-order valence-corrected chi connectivity index (χ2v) is 8.56. The Kier molecular flexibility index (Phi) is 6.86. The first-order valence-corrected chi connectivity index (χ1v) is 9.43. The summed E-state index contributed by atoms with van der Waals surface area (Å²) >= 11 is 5.86. The third kappa shape index (κ3) is 6.36. The van der Waals surface area contributed by atoms with Crippen LogP contribution in [0.3, 0.4) is 0 Å². The van der Waals surface area contributed by atoms with E-state index in [9.17, 15) is 9.59 Å². The number of benzene rings is 2. The molecule has 0 unspecified atom stereocenters. The number of nitrogens with zero attached hydrogens (tertiary/aromatic N) is 1. The molecule has 0 aromatic heterocycles. The minimum absolute atomic E-state index is 0.109. The van der Waals surface area contributed by atoms with E-state index in [1.807, 2.05) is 21.1 Å². The van der Waals surface area contributed by atoms with Gasteiger partial charge in [-0.3, -0.25) is 4.79 Å². The van der Waals surface area contributed by atoms with Gasteiger partial charge in [-0.05, 0) is 62.4 Å². The summed E-state index contributed by atoms with van der Waals surface area (Å²) < 4.78 is 11.8. The van der Waals surface area contributed by atoms with Gasteiger partial charge in [-0.25, -0.2) is 4.79 Å². The van der Waals surface area contributed by atoms with Crippen molar-refractivity contribution >= 4 is 23.4 Å². The van der Waals surface area contributed by atoms with E-state index in [4.69, 9.17) is 21.1 Å². The highest BCUT2D eigenvalue weighted by molar-refractivity contribution is 6.30. The number of rotatable bonds is 8. The van der Waals surface area contributed by atoms with E-state index < -0.39 is 11.6 Å². The molecular formula is C22H27ClNO4+. The molecule has 0 radical (unpaired) electrons. The minimum atomic E-state index is -1.13. The fourth-order valence-electron chi connectivity index (χ4n) is 2.36. The molecule has 2 aromatic carbocycles. The van der Waals surface area contributed by atoms with Gasteiger partial charge in [0, 0.05) is 16.1 Å². The van der Waals surface area contributed by atoms with Crippen molar-refractivity contribution in [3.63, 3.8) is 0 Å². The van der Waals surface area contributed by atoms with Crippen LogP contribution in [0.15, 0.2) is 48.5 Å². The Bertz CT molecular complexity index is 821. The molecular weight excluding hydrogens is 378 g/mol. The third-order valence-corrected chi connectivity index (χ3v) is 4.33. The summed E-state index contributed by atoms with van der Waals surface area (Å²) in [6.07, 6.45) is 0. The number of likely N-dealkylation sites (N-methyl/N-ethyl adjacent to an activating group) is 1. The van der Waals surface area contributed by atoms with Crippen LogP contribution in [0.4, 0.5) is 0 Å². The SMILES string of the molecule is CC(C)(Oc1ccc(C(=O)c2ccc(Cl)cc2)cc1)C(=O)OCC[N+](C)(C)C. The van der Waals surface area contributed by atoms with Crippen molar-refractivity contribution in [2.75, 3.05) is 34.3 Å². The topological polar surface area (TPSA) is 52.6 Å². The Morgan fingerprint density at radius 2 is 1.43 bits per heavy atom. The summed E-state index contributed by atoms with van der Waals surface area (Å²) in [4.78, 5) is 24.8. The average Bonchev–Trinajstić information content (AvgIpc) is 2.61. The molecule has 0 atom stereocenters. The predicted molar refractivity (Wildman–Crippen MR) is 110 cm³/mol. The van der Waals surface area contributed by atoms with Gasteiger partial charge in [0.05, 0.1) is 21.1 Å². The monoisotopic (exact) mass is 404 g/mol. The number of quaternary nitrogens is 1. The second kappa shape index (κ2) is 8.76. The summed E-state index contributed by atoms with van der Waals surface area (Å²) in [6, 6.07) is 13.4. The number of ether oxygens (including phenoxy) is 2. The lowest BCUT2D eigenvalue weighted by molar-refractivity contribution is -0.870. The van der Waals surface area contributed by atoms with Crippen molar-refractivity contribution < 1.29 is 23.5 Å². The van der Waals surface area contributed by atoms with Crippen LogP contribution in [0.2, 0.25) is 5.02 Å². The molecule has 0 aliphatic carbocycles. The smallest absolute Gasteiger partial charge is 0.350 e. The average molecular weight is 405 g/mol. The highest BCUT2D eigenvalue weighted by atomic mass is 35.5. The Balaban J connectivity index is 1.99. The molecule has 0 amide bonds. The summed E-state index contributed by atoms with van der Waals surface area (Å²) in [5.74, 6) is -0.0503. The molecule has 0 fully saturated rings. The first kappa shape index (κ1) is 21.9. The normalized spacial score (nSPS) is 11.8. The first-order valence-electron chi connectivity index (χ1n) is 9.05. The molecule has 6 heteroatoms. The zero-order valence-electron chi connectivity index (χ0n) is 17.0. The van der Waals surface area contributed by atoms with Gasteiger partial charge in [0.1, 0.15) is 18.9 Å². The fourth-order valence-corrected chi connectivity index (χ4v) is 2.49. The molecule has 150 valence electrons. The number of ketones is 1. The van der Waals surface area contributed by atoms with Gasteiger partial charge in [0.25, 0.3) is 0 Å². The molecule has 0 heterocycles. The number of carbonyl (C=O) groups excluding carboxylic acids is 2. The minimum Gasteiger partial charge on any atom is -0.476 e.